The van der Waals surface area contributed by atoms with Crippen LogP contribution in [0.4, 0.5) is 21.2 Å². The molecule has 0 spiro atoms. The van der Waals surface area contributed by atoms with Crippen LogP contribution in [-0.4, -0.2) is 84.4 Å². The number of ether oxygens (including phenoxy) is 2. The Labute approximate surface area is 236 Å². The molecule has 226 valence electrons. The summed E-state index contributed by atoms with van der Waals surface area (Å²) in [4.78, 5) is 58.5. The van der Waals surface area contributed by atoms with E-state index in [0.29, 0.717) is 13.1 Å². The number of carbonyl (C=O) groups excluding carboxylic acids is 4. The summed E-state index contributed by atoms with van der Waals surface area (Å²) in [5, 5.41) is 16.7. The molecule has 1 rings (SSSR count). The van der Waals surface area contributed by atoms with Crippen LogP contribution in [0.3, 0.4) is 0 Å². The zero-order chi connectivity index (χ0) is 30.3. The number of rotatable bonds is 14. The van der Waals surface area contributed by atoms with Crippen molar-refractivity contribution in [3.05, 3.63) is 11.4 Å². The molecule has 0 atom stereocenters. The molecule has 4 amide bonds. The van der Waals surface area contributed by atoms with Crippen molar-refractivity contribution < 1.29 is 28.7 Å². The molecule has 40 heavy (non-hydrogen) atoms. The highest BCUT2D eigenvalue weighted by atomic mass is 16.6. The van der Waals surface area contributed by atoms with Crippen LogP contribution in [0, 0.1) is 0 Å². The van der Waals surface area contributed by atoms with Crippen LogP contribution in [0.25, 0.3) is 0 Å². The van der Waals surface area contributed by atoms with E-state index in [1.165, 1.54) is 0 Å². The molecule has 0 saturated carbocycles. The van der Waals surface area contributed by atoms with Crippen molar-refractivity contribution in [3.8, 4) is 0 Å². The predicted octanol–water partition coefficient (Wildman–Crippen LogP) is 2.63. The van der Waals surface area contributed by atoms with E-state index in [1.807, 2.05) is 13.8 Å². The fourth-order valence-corrected chi connectivity index (χ4v) is 2.96. The summed E-state index contributed by atoms with van der Waals surface area (Å²) in [6.07, 6.45) is 0.316. The summed E-state index contributed by atoms with van der Waals surface area (Å²) in [5.41, 5.74) is -1.25. The largest absolute Gasteiger partial charge is 0.444 e. The Morgan fingerprint density at radius 2 is 0.900 bits per heavy atom. The van der Waals surface area contributed by atoms with Crippen LogP contribution in [0.1, 0.15) is 89.2 Å². The van der Waals surface area contributed by atoms with Crippen LogP contribution in [-0.2, 0) is 9.47 Å². The first-order chi connectivity index (χ1) is 18.7. The van der Waals surface area contributed by atoms with E-state index in [1.54, 1.807) is 41.5 Å². The Kier molecular flexibility index (Phi) is 13.9. The molecule has 0 bridgehead atoms. The van der Waals surface area contributed by atoms with Gasteiger partial charge < -0.3 is 41.4 Å². The summed E-state index contributed by atoms with van der Waals surface area (Å²) >= 11 is 0. The van der Waals surface area contributed by atoms with E-state index in [0.717, 1.165) is 12.8 Å². The van der Waals surface area contributed by atoms with Crippen molar-refractivity contribution in [1.29, 1.82) is 0 Å². The highest BCUT2D eigenvalue weighted by molar-refractivity contribution is 6.01. The van der Waals surface area contributed by atoms with Gasteiger partial charge in [-0.05, 0) is 54.4 Å². The van der Waals surface area contributed by atoms with Gasteiger partial charge in [-0.3, -0.25) is 9.59 Å². The molecule has 0 unspecified atom stereocenters. The zero-order valence-corrected chi connectivity index (χ0v) is 25.0. The van der Waals surface area contributed by atoms with Gasteiger partial charge in [0, 0.05) is 39.3 Å². The first-order valence-electron chi connectivity index (χ1n) is 13.6. The van der Waals surface area contributed by atoms with Gasteiger partial charge in [-0.1, -0.05) is 13.8 Å². The monoisotopic (exact) mass is 566 g/mol. The van der Waals surface area contributed by atoms with E-state index in [4.69, 9.17) is 9.47 Å². The lowest BCUT2D eigenvalue weighted by Gasteiger charge is -2.20. The van der Waals surface area contributed by atoms with Gasteiger partial charge in [-0.15, -0.1) is 0 Å². The predicted molar refractivity (Wildman–Crippen MR) is 153 cm³/mol. The van der Waals surface area contributed by atoms with Gasteiger partial charge in [0.25, 0.3) is 11.8 Å². The van der Waals surface area contributed by atoms with E-state index >= 15 is 0 Å². The summed E-state index contributed by atoms with van der Waals surface area (Å²) in [6, 6.07) is 0. The standard InChI is InChI=1S/C26H46N8O6/c1-9-11-27-19-17(21(35)29-13-15-31-23(37)39-25(3,4)5)34-20(28-12-10-2)18(33-19)22(36)30-14-16-32-24(38)40-26(6,7)8/h9-16H2,1-8H3,(H,27,33)(H,28,34)(H,29,35)(H,30,36)(H,31,37)(H,32,38). The minimum atomic E-state index is -0.632. The Morgan fingerprint density at radius 1 is 0.575 bits per heavy atom. The molecule has 6 N–H and O–H groups in total. The number of amides is 4. The van der Waals surface area contributed by atoms with Crippen LogP contribution in [0.5, 0.6) is 0 Å². The summed E-state index contributed by atoms with van der Waals surface area (Å²) < 4.78 is 10.4. The first kappa shape index (κ1) is 34.2. The molecule has 0 aliphatic carbocycles. The average Bonchev–Trinajstić information content (AvgIpc) is 2.84. The first-order valence-corrected chi connectivity index (χ1v) is 13.6. The highest BCUT2D eigenvalue weighted by Gasteiger charge is 2.23. The maximum absolute atomic E-state index is 13.0. The molecule has 14 heteroatoms. The molecule has 1 heterocycles. The molecule has 0 radical (unpaired) electrons. The maximum Gasteiger partial charge on any atom is 0.407 e. The Balaban J connectivity index is 2.97. The van der Waals surface area contributed by atoms with Crippen molar-refractivity contribution in [3.63, 3.8) is 0 Å². The Hall–Kier alpha value is -3.84. The van der Waals surface area contributed by atoms with E-state index in [9.17, 15) is 19.2 Å². The Morgan fingerprint density at radius 3 is 1.20 bits per heavy atom. The average molecular weight is 567 g/mol. The molecule has 0 fully saturated rings. The van der Waals surface area contributed by atoms with Gasteiger partial charge in [0.05, 0.1) is 0 Å². The van der Waals surface area contributed by atoms with Crippen molar-refractivity contribution in [2.75, 3.05) is 49.9 Å². The second kappa shape index (κ2) is 16.3. The van der Waals surface area contributed by atoms with E-state index < -0.39 is 35.2 Å². The van der Waals surface area contributed by atoms with Gasteiger partial charge in [0.15, 0.2) is 23.0 Å². The fraction of sp³-hybridized carbons (Fsp3) is 0.692. The van der Waals surface area contributed by atoms with Crippen molar-refractivity contribution in [2.45, 2.75) is 79.4 Å². The summed E-state index contributed by atoms with van der Waals surface area (Å²) in [7, 11) is 0. The Bertz CT molecular complexity index is 924. The van der Waals surface area contributed by atoms with Crippen molar-refractivity contribution >= 4 is 35.6 Å². The molecule has 0 aliphatic rings. The number of aromatic nitrogens is 2. The summed E-state index contributed by atoms with van der Waals surface area (Å²) in [6.45, 7) is 16.0. The summed E-state index contributed by atoms with van der Waals surface area (Å²) in [5.74, 6) is -0.743. The molecule has 1 aromatic rings. The van der Waals surface area contributed by atoms with Crippen LogP contribution in [0.15, 0.2) is 0 Å². The number of carbonyl (C=O) groups is 4. The second-order valence-corrected chi connectivity index (χ2v) is 10.8. The lowest BCUT2D eigenvalue weighted by Crippen LogP contribution is -2.39. The third kappa shape index (κ3) is 13.8. The minimum absolute atomic E-state index is 0.00691. The van der Waals surface area contributed by atoms with Gasteiger partial charge in [-0.2, -0.15) is 0 Å². The molecule has 0 aromatic carbocycles. The maximum atomic E-state index is 13.0. The number of nitrogens with zero attached hydrogens (tertiary/aromatic N) is 2. The minimum Gasteiger partial charge on any atom is -0.444 e. The molecule has 1 aromatic heterocycles. The van der Waals surface area contributed by atoms with Crippen LogP contribution >= 0.6 is 0 Å². The van der Waals surface area contributed by atoms with Gasteiger partial charge in [-0.25, -0.2) is 19.6 Å². The molecule has 0 aliphatic heterocycles. The van der Waals surface area contributed by atoms with E-state index in [2.05, 4.69) is 41.9 Å². The highest BCUT2D eigenvalue weighted by Crippen LogP contribution is 2.19. The second-order valence-electron chi connectivity index (χ2n) is 10.8. The number of anilines is 2. The normalized spacial score (nSPS) is 11.2. The lowest BCUT2D eigenvalue weighted by atomic mass is 10.2. The van der Waals surface area contributed by atoms with Gasteiger partial charge in [0.1, 0.15) is 11.2 Å². The third-order valence-electron chi connectivity index (χ3n) is 4.57. The molecule has 14 nitrogen and oxygen atoms in total. The van der Waals surface area contributed by atoms with Crippen LogP contribution < -0.4 is 31.9 Å². The quantitative estimate of drug-likeness (QED) is 0.183. The van der Waals surface area contributed by atoms with Crippen molar-refractivity contribution in [2.24, 2.45) is 0 Å². The van der Waals surface area contributed by atoms with E-state index in [-0.39, 0.29) is 49.2 Å². The van der Waals surface area contributed by atoms with Crippen LogP contribution in [0.2, 0.25) is 0 Å². The number of nitrogens with one attached hydrogen (secondary N) is 6. The topological polar surface area (TPSA) is 185 Å². The number of alkyl carbamates (subject to hydrolysis) is 2. The third-order valence-corrected chi connectivity index (χ3v) is 4.57. The fourth-order valence-electron chi connectivity index (χ4n) is 2.96. The lowest BCUT2D eigenvalue weighted by molar-refractivity contribution is 0.0516. The van der Waals surface area contributed by atoms with Gasteiger partial charge >= 0.3 is 12.2 Å². The molecular weight excluding hydrogens is 520 g/mol. The SMILES string of the molecule is CCCNc1nc(C(=O)NCCNC(=O)OC(C)(C)C)c(NCCC)nc1C(=O)NCCNC(=O)OC(C)(C)C. The smallest absolute Gasteiger partial charge is 0.407 e. The van der Waals surface area contributed by atoms with Crippen molar-refractivity contribution in [1.82, 2.24) is 31.2 Å². The number of hydrogen-bond donors (Lipinski definition) is 6. The molecular formula is C26H46N8O6. The molecule has 0 saturated heterocycles. The zero-order valence-electron chi connectivity index (χ0n) is 25.0. The number of hydrogen-bond acceptors (Lipinski definition) is 10. The van der Waals surface area contributed by atoms with Gasteiger partial charge in [0.2, 0.25) is 0 Å².